The van der Waals surface area contributed by atoms with Crippen molar-refractivity contribution in [3.05, 3.63) is 64.3 Å². The zero-order valence-corrected chi connectivity index (χ0v) is 13.7. The van der Waals surface area contributed by atoms with Gasteiger partial charge in [0.15, 0.2) is 0 Å². The Labute approximate surface area is 139 Å². The maximum atomic E-state index is 12.9. The Hall–Kier alpha value is -2.30. The summed E-state index contributed by atoms with van der Waals surface area (Å²) in [6.07, 6.45) is 0. The molecule has 0 bridgehead atoms. The van der Waals surface area contributed by atoms with E-state index in [4.69, 9.17) is 22.1 Å². The first-order chi connectivity index (χ1) is 11.1. The first kappa shape index (κ1) is 15.6. The SMILES string of the molecule is COc1ccc2c(c1)c(CN)c(C)n2C(=O)c1ccc(Cl)cc1. The molecule has 1 heterocycles. The van der Waals surface area contributed by atoms with Crippen molar-refractivity contribution >= 4 is 28.4 Å². The zero-order chi connectivity index (χ0) is 16.6. The van der Waals surface area contributed by atoms with Gasteiger partial charge in [-0.15, -0.1) is 0 Å². The molecule has 0 spiro atoms. The average molecular weight is 329 g/mol. The number of aromatic nitrogens is 1. The molecule has 2 N–H and O–H groups in total. The largest absolute Gasteiger partial charge is 0.497 e. The molecule has 0 unspecified atom stereocenters. The fraction of sp³-hybridized carbons (Fsp3) is 0.167. The molecule has 118 valence electrons. The van der Waals surface area contributed by atoms with Crippen molar-refractivity contribution < 1.29 is 9.53 Å². The topological polar surface area (TPSA) is 57.2 Å². The predicted molar refractivity (Wildman–Crippen MR) is 92.3 cm³/mol. The van der Waals surface area contributed by atoms with E-state index in [0.717, 1.165) is 27.9 Å². The molecule has 0 radical (unpaired) electrons. The fourth-order valence-corrected chi connectivity index (χ4v) is 2.96. The number of ether oxygens (including phenoxy) is 1. The number of hydrogen-bond donors (Lipinski definition) is 1. The highest BCUT2D eigenvalue weighted by Gasteiger charge is 2.19. The smallest absolute Gasteiger partial charge is 0.262 e. The van der Waals surface area contributed by atoms with E-state index in [1.165, 1.54) is 0 Å². The highest BCUT2D eigenvalue weighted by atomic mass is 35.5. The summed E-state index contributed by atoms with van der Waals surface area (Å²) in [5.41, 5.74) is 9.09. The van der Waals surface area contributed by atoms with Crippen LogP contribution >= 0.6 is 11.6 Å². The maximum absolute atomic E-state index is 12.9. The molecule has 1 aromatic heterocycles. The number of rotatable bonds is 3. The van der Waals surface area contributed by atoms with Gasteiger partial charge in [0, 0.05) is 28.2 Å². The number of methoxy groups -OCH3 is 1. The van der Waals surface area contributed by atoms with E-state index in [1.54, 1.807) is 35.9 Å². The average Bonchev–Trinajstić information content (AvgIpc) is 2.85. The minimum atomic E-state index is -0.103. The quantitative estimate of drug-likeness (QED) is 0.796. The number of carbonyl (C=O) groups is 1. The second-order valence-electron chi connectivity index (χ2n) is 5.30. The van der Waals surface area contributed by atoms with Crippen LogP contribution in [0.3, 0.4) is 0 Å². The van der Waals surface area contributed by atoms with Crippen LogP contribution in [0, 0.1) is 6.92 Å². The fourth-order valence-electron chi connectivity index (χ4n) is 2.83. The Morgan fingerprint density at radius 1 is 1.22 bits per heavy atom. The highest BCUT2D eigenvalue weighted by Crippen LogP contribution is 2.30. The van der Waals surface area contributed by atoms with Crippen LogP contribution in [0.5, 0.6) is 5.75 Å². The number of nitrogens with two attached hydrogens (primary N) is 1. The molecule has 0 aliphatic carbocycles. The van der Waals surface area contributed by atoms with E-state index in [2.05, 4.69) is 0 Å². The minimum absolute atomic E-state index is 0.103. The van der Waals surface area contributed by atoms with Crippen LogP contribution in [-0.2, 0) is 6.54 Å². The third-order valence-corrected chi connectivity index (χ3v) is 4.29. The summed E-state index contributed by atoms with van der Waals surface area (Å²) in [6.45, 7) is 2.26. The van der Waals surface area contributed by atoms with Gasteiger partial charge in [-0.25, -0.2) is 0 Å². The van der Waals surface area contributed by atoms with E-state index in [0.29, 0.717) is 17.1 Å². The van der Waals surface area contributed by atoms with E-state index >= 15 is 0 Å². The normalized spacial score (nSPS) is 11.0. The minimum Gasteiger partial charge on any atom is -0.497 e. The maximum Gasteiger partial charge on any atom is 0.262 e. The Bertz CT molecular complexity index is 882. The van der Waals surface area contributed by atoms with Crippen molar-refractivity contribution in [2.45, 2.75) is 13.5 Å². The first-order valence-electron chi connectivity index (χ1n) is 7.25. The van der Waals surface area contributed by atoms with Gasteiger partial charge in [-0.05, 0) is 55.0 Å². The van der Waals surface area contributed by atoms with E-state index < -0.39 is 0 Å². The Morgan fingerprint density at radius 3 is 2.52 bits per heavy atom. The lowest BCUT2D eigenvalue weighted by molar-refractivity contribution is 0.0963. The molecule has 0 saturated carbocycles. The van der Waals surface area contributed by atoms with Gasteiger partial charge in [0.25, 0.3) is 5.91 Å². The Balaban J connectivity index is 2.22. The molecule has 0 aliphatic rings. The lowest BCUT2D eigenvalue weighted by atomic mass is 10.1. The number of carbonyl (C=O) groups excluding carboxylic acids is 1. The summed E-state index contributed by atoms with van der Waals surface area (Å²) in [6, 6.07) is 12.5. The molecule has 0 fully saturated rings. The van der Waals surface area contributed by atoms with Gasteiger partial charge < -0.3 is 10.5 Å². The summed E-state index contributed by atoms with van der Waals surface area (Å²) in [4.78, 5) is 12.9. The van der Waals surface area contributed by atoms with Crippen LogP contribution < -0.4 is 10.5 Å². The monoisotopic (exact) mass is 328 g/mol. The van der Waals surface area contributed by atoms with Gasteiger partial charge in [0.1, 0.15) is 5.75 Å². The van der Waals surface area contributed by atoms with E-state index in [9.17, 15) is 4.79 Å². The van der Waals surface area contributed by atoms with Crippen molar-refractivity contribution in [1.82, 2.24) is 4.57 Å². The third kappa shape index (κ3) is 2.60. The summed E-state index contributed by atoms with van der Waals surface area (Å²) in [7, 11) is 1.62. The lowest BCUT2D eigenvalue weighted by Crippen LogP contribution is -2.14. The molecule has 0 aliphatic heterocycles. The van der Waals surface area contributed by atoms with Crippen molar-refractivity contribution in [3.8, 4) is 5.75 Å². The molecule has 0 amide bonds. The van der Waals surface area contributed by atoms with Gasteiger partial charge in [-0.2, -0.15) is 0 Å². The van der Waals surface area contributed by atoms with E-state index in [1.807, 2.05) is 25.1 Å². The lowest BCUT2D eigenvalue weighted by Gasteiger charge is -2.08. The zero-order valence-electron chi connectivity index (χ0n) is 13.0. The molecule has 2 aromatic carbocycles. The number of benzene rings is 2. The van der Waals surface area contributed by atoms with Crippen molar-refractivity contribution in [3.63, 3.8) is 0 Å². The van der Waals surface area contributed by atoms with Crippen molar-refractivity contribution in [1.29, 1.82) is 0 Å². The molecular formula is C18H17ClN2O2. The van der Waals surface area contributed by atoms with Gasteiger partial charge in [-0.1, -0.05) is 11.6 Å². The molecule has 23 heavy (non-hydrogen) atoms. The second kappa shape index (κ2) is 6.07. The number of hydrogen-bond acceptors (Lipinski definition) is 3. The molecule has 0 atom stereocenters. The molecule has 3 aromatic rings. The van der Waals surface area contributed by atoms with Crippen LogP contribution in [0.4, 0.5) is 0 Å². The van der Waals surface area contributed by atoms with Gasteiger partial charge in [0.05, 0.1) is 12.6 Å². The first-order valence-corrected chi connectivity index (χ1v) is 7.63. The molecule has 4 nitrogen and oxygen atoms in total. The van der Waals surface area contributed by atoms with Crippen LogP contribution in [0.2, 0.25) is 5.02 Å². The molecule has 3 rings (SSSR count). The Kier molecular flexibility index (Phi) is 4.11. The summed E-state index contributed by atoms with van der Waals surface area (Å²) < 4.78 is 6.97. The predicted octanol–water partition coefficient (Wildman–Crippen LogP) is 3.76. The van der Waals surface area contributed by atoms with E-state index in [-0.39, 0.29) is 5.91 Å². The van der Waals surface area contributed by atoms with Crippen molar-refractivity contribution in [2.24, 2.45) is 5.73 Å². The third-order valence-electron chi connectivity index (χ3n) is 4.04. The summed E-state index contributed by atoms with van der Waals surface area (Å²) in [5, 5.41) is 1.54. The van der Waals surface area contributed by atoms with Crippen LogP contribution in [-0.4, -0.2) is 17.6 Å². The van der Waals surface area contributed by atoms with Crippen molar-refractivity contribution in [2.75, 3.05) is 7.11 Å². The van der Waals surface area contributed by atoms with Crippen LogP contribution in [0.25, 0.3) is 10.9 Å². The molecule has 5 heteroatoms. The summed E-state index contributed by atoms with van der Waals surface area (Å²) in [5.74, 6) is 0.636. The standard InChI is InChI=1S/C18H17ClN2O2/c1-11-16(10-20)15-9-14(23-2)7-8-17(15)21(11)18(22)12-3-5-13(19)6-4-12/h3-9H,10,20H2,1-2H3. The van der Waals surface area contributed by atoms with Gasteiger partial charge >= 0.3 is 0 Å². The number of fused-ring (bicyclic) bond motifs is 1. The number of nitrogens with zero attached hydrogens (tertiary/aromatic N) is 1. The van der Waals surface area contributed by atoms with Crippen LogP contribution in [0.15, 0.2) is 42.5 Å². The number of halogens is 1. The van der Waals surface area contributed by atoms with Crippen LogP contribution in [0.1, 0.15) is 21.6 Å². The summed E-state index contributed by atoms with van der Waals surface area (Å²) >= 11 is 5.90. The van der Waals surface area contributed by atoms with Gasteiger partial charge in [-0.3, -0.25) is 9.36 Å². The second-order valence-corrected chi connectivity index (χ2v) is 5.74. The van der Waals surface area contributed by atoms with Gasteiger partial charge in [0.2, 0.25) is 0 Å². The Morgan fingerprint density at radius 2 is 1.91 bits per heavy atom. The molecule has 0 saturated heterocycles. The molecular weight excluding hydrogens is 312 g/mol. The highest BCUT2D eigenvalue weighted by molar-refractivity contribution is 6.30.